The molecule has 1 saturated heterocycles. The van der Waals surface area contributed by atoms with E-state index in [1.165, 1.54) is 22.7 Å². The van der Waals surface area contributed by atoms with Gasteiger partial charge in [-0.1, -0.05) is 6.42 Å². The van der Waals surface area contributed by atoms with Crippen molar-refractivity contribution in [2.75, 3.05) is 13.1 Å². The van der Waals surface area contributed by atoms with Crippen LogP contribution in [0.3, 0.4) is 0 Å². The molecule has 8 nitrogen and oxygen atoms in total. The van der Waals surface area contributed by atoms with E-state index >= 15 is 0 Å². The summed E-state index contributed by atoms with van der Waals surface area (Å²) < 4.78 is 26.7. The summed E-state index contributed by atoms with van der Waals surface area (Å²) in [4.78, 5) is 20.8. The molecule has 0 aliphatic carbocycles. The first-order chi connectivity index (χ1) is 12.4. The molecule has 1 aromatic carbocycles. The highest BCUT2D eigenvalue weighted by atomic mass is 32.2. The van der Waals surface area contributed by atoms with Gasteiger partial charge in [0.15, 0.2) is 4.77 Å². The maximum atomic E-state index is 12.6. The first kappa shape index (κ1) is 18.5. The zero-order chi connectivity index (χ0) is 18.7. The molecule has 3 rings (SSSR count). The number of sulfonamides is 1. The Morgan fingerprint density at radius 2 is 1.77 bits per heavy atom. The van der Waals surface area contributed by atoms with E-state index in [0.29, 0.717) is 18.8 Å². The van der Waals surface area contributed by atoms with Crippen LogP contribution in [0.2, 0.25) is 0 Å². The number of aliphatic imine (C=N–C) groups is 1. The second-order valence-corrected chi connectivity index (χ2v) is 8.23. The molecular weight excluding hydrogens is 376 g/mol. The minimum absolute atomic E-state index is 0.0110. The number of aromatic nitrogens is 2. The molecular formula is C16H18N4O4S2. The molecule has 0 bridgehead atoms. The van der Waals surface area contributed by atoms with E-state index in [0.717, 1.165) is 19.3 Å². The summed E-state index contributed by atoms with van der Waals surface area (Å²) >= 11 is 4.75. The van der Waals surface area contributed by atoms with Gasteiger partial charge in [-0.25, -0.2) is 8.42 Å². The van der Waals surface area contributed by atoms with Gasteiger partial charge in [0.2, 0.25) is 15.9 Å². The summed E-state index contributed by atoms with van der Waals surface area (Å²) in [5.41, 5.74) is -0.188. The molecule has 0 unspecified atom stereocenters. The molecule has 10 heteroatoms. The SMILES string of the molecule is O=c1[nH]c(=S)[nH]c(O)c1C=Nc1ccc(S(=O)(=O)N2CCCCC2)cc1. The highest BCUT2D eigenvalue weighted by Crippen LogP contribution is 2.23. The van der Waals surface area contributed by atoms with Crippen molar-refractivity contribution in [3.63, 3.8) is 0 Å². The lowest BCUT2D eigenvalue weighted by Crippen LogP contribution is -2.35. The van der Waals surface area contributed by atoms with Crippen LogP contribution in [0.1, 0.15) is 24.8 Å². The van der Waals surface area contributed by atoms with Gasteiger partial charge in [-0.05, 0) is 49.3 Å². The van der Waals surface area contributed by atoms with E-state index in [4.69, 9.17) is 12.2 Å². The van der Waals surface area contributed by atoms with E-state index in [1.807, 2.05) is 0 Å². The Labute approximate surface area is 155 Å². The molecule has 2 aromatic rings. The molecule has 2 heterocycles. The predicted molar refractivity (Wildman–Crippen MR) is 100 cm³/mol. The highest BCUT2D eigenvalue weighted by molar-refractivity contribution is 7.89. The number of hydrogen-bond acceptors (Lipinski definition) is 6. The van der Waals surface area contributed by atoms with Gasteiger partial charge in [-0.15, -0.1) is 0 Å². The second-order valence-electron chi connectivity index (χ2n) is 5.89. The molecule has 0 atom stereocenters. The fourth-order valence-corrected chi connectivity index (χ4v) is 4.41. The Bertz CT molecular complexity index is 1030. The number of piperidine rings is 1. The smallest absolute Gasteiger partial charge is 0.264 e. The summed E-state index contributed by atoms with van der Waals surface area (Å²) in [5.74, 6) is -0.383. The van der Waals surface area contributed by atoms with Gasteiger partial charge >= 0.3 is 0 Å². The predicted octanol–water partition coefficient (Wildman–Crippen LogP) is 2.06. The quantitative estimate of drug-likeness (QED) is 0.542. The molecule has 1 aliphatic rings. The van der Waals surface area contributed by atoms with Crippen molar-refractivity contribution in [2.45, 2.75) is 24.2 Å². The van der Waals surface area contributed by atoms with Gasteiger partial charge in [0, 0.05) is 19.3 Å². The van der Waals surface area contributed by atoms with Crippen LogP contribution in [0, 0.1) is 4.77 Å². The van der Waals surface area contributed by atoms with E-state index in [-0.39, 0.29) is 21.1 Å². The van der Waals surface area contributed by atoms with E-state index in [2.05, 4.69) is 15.0 Å². The van der Waals surface area contributed by atoms with Crippen molar-refractivity contribution in [1.29, 1.82) is 0 Å². The number of rotatable bonds is 4. The Kier molecular flexibility index (Phi) is 5.35. The van der Waals surface area contributed by atoms with Crippen molar-refractivity contribution in [3.05, 3.63) is 45.0 Å². The van der Waals surface area contributed by atoms with Gasteiger partial charge in [-0.3, -0.25) is 14.8 Å². The summed E-state index contributed by atoms with van der Waals surface area (Å²) in [6, 6.07) is 6.06. The molecule has 26 heavy (non-hydrogen) atoms. The van der Waals surface area contributed by atoms with Crippen LogP contribution in [-0.2, 0) is 10.0 Å². The number of hydrogen-bond donors (Lipinski definition) is 3. The van der Waals surface area contributed by atoms with Crippen molar-refractivity contribution in [2.24, 2.45) is 4.99 Å². The number of benzene rings is 1. The molecule has 3 N–H and O–H groups in total. The Morgan fingerprint density at radius 1 is 1.12 bits per heavy atom. The van der Waals surface area contributed by atoms with Gasteiger partial charge in [0.1, 0.15) is 5.56 Å². The number of nitrogens with one attached hydrogen (secondary N) is 2. The van der Waals surface area contributed by atoms with Crippen LogP contribution in [0.4, 0.5) is 5.69 Å². The number of aromatic amines is 2. The zero-order valence-electron chi connectivity index (χ0n) is 13.8. The Morgan fingerprint density at radius 3 is 2.38 bits per heavy atom. The molecule has 1 aliphatic heterocycles. The molecule has 0 amide bonds. The maximum absolute atomic E-state index is 12.6. The van der Waals surface area contributed by atoms with Crippen LogP contribution < -0.4 is 5.56 Å². The third-order valence-electron chi connectivity index (χ3n) is 4.09. The van der Waals surface area contributed by atoms with Gasteiger partial charge in [0.25, 0.3) is 5.56 Å². The summed E-state index contributed by atoms with van der Waals surface area (Å²) in [7, 11) is -3.49. The average molecular weight is 394 g/mol. The first-order valence-electron chi connectivity index (χ1n) is 8.08. The monoisotopic (exact) mass is 394 g/mol. The van der Waals surface area contributed by atoms with E-state index in [9.17, 15) is 18.3 Å². The van der Waals surface area contributed by atoms with Crippen molar-refractivity contribution < 1.29 is 13.5 Å². The number of H-pyrrole nitrogens is 2. The molecule has 138 valence electrons. The number of nitrogens with zero attached hydrogens (tertiary/aromatic N) is 2. The minimum atomic E-state index is -3.49. The maximum Gasteiger partial charge on any atom is 0.264 e. The molecule has 0 spiro atoms. The van der Waals surface area contributed by atoms with Crippen LogP contribution in [0.25, 0.3) is 0 Å². The third-order valence-corrected chi connectivity index (χ3v) is 6.21. The Hall–Kier alpha value is -2.30. The standard InChI is InChI=1S/C16H18N4O4S2/c21-14-13(15(22)19-16(25)18-14)10-17-11-4-6-12(7-5-11)26(23,24)20-8-2-1-3-9-20/h4-7,10H,1-3,8-9H2,(H3,18,19,21,22,25). The molecule has 1 fully saturated rings. The highest BCUT2D eigenvalue weighted by Gasteiger charge is 2.25. The average Bonchev–Trinajstić information content (AvgIpc) is 2.62. The fraction of sp³-hybridized carbons (Fsp3) is 0.312. The van der Waals surface area contributed by atoms with E-state index < -0.39 is 15.6 Å². The van der Waals surface area contributed by atoms with Gasteiger partial charge in [0.05, 0.1) is 10.6 Å². The largest absolute Gasteiger partial charge is 0.494 e. The molecule has 0 saturated carbocycles. The fourth-order valence-electron chi connectivity index (χ4n) is 2.70. The van der Waals surface area contributed by atoms with Crippen LogP contribution in [0.5, 0.6) is 5.88 Å². The third kappa shape index (κ3) is 3.92. The summed E-state index contributed by atoms with van der Waals surface area (Å²) in [6.45, 7) is 1.08. The lowest BCUT2D eigenvalue weighted by atomic mass is 10.2. The minimum Gasteiger partial charge on any atom is -0.494 e. The first-order valence-corrected chi connectivity index (χ1v) is 9.92. The van der Waals surface area contributed by atoms with Crippen molar-refractivity contribution >= 4 is 34.1 Å². The Balaban J connectivity index is 1.82. The summed E-state index contributed by atoms with van der Waals surface area (Å²) in [6.07, 6.45) is 3.99. The normalized spacial score (nSPS) is 16.2. The van der Waals surface area contributed by atoms with Crippen molar-refractivity contribution in [3.8, 4) is 5.88 Å². The van der Waals surface area contributed by atoms with Gasteiger partial charge < -0.3 is 10.1 Å². The van der Waals surface area contributed by atoms with Crippen molar-refractivity contribution in [1.82, 2.24) is 14.3 Å². The zero-order valence-corrected chi connectivity index (χ0v) is 15.4. The van der Waals surface area contributed by atoms with Gasteiger partial charge in [-0.2, -0.15) is 4.31 Å². The second kappa shape index (κ2) is 7.52. The molecule has 0 radical (unpaired) electrons. The van der Waals surface area contributed by atoms with Crippen LogP contribution >= 0.6 is 12.2 Å². The lowest BCUT2D eigenvalue weighted by Gasteiger charge is -2.25. The lowest BCUT2D eigenvalue weighted by molar-refractivity contribution is 0.346. The van der Waals surface area contributed by atoms with E-state index in [1.54, 1.807) is 12.1 Å². The summed E-state index contributed by atoms with van der Waals surface area (Å²) in [5, 5.41) is 9.73. The topological polar surface area (TPSA) is 119 Å². The van der Waals surface area contributed by atoms with Crippen LogP contribution in [0.15, 0.2) is 38.9 Å². The van der Waals surface area contributed by atoms with Crippen LogP contribution in [-0.4, -0.2) is 47.1 Å². The molecule has 1 aromatic heterocycles. The number of aromatic hydroxyl groups is 1.